The van der Waals surface area contributed by atoms with Crippen LogP contribution in [0.5, 0.6) is 5.75 Å². The van der Waals surface area contributed by atoms with Gasteiger partial charge in [0.25, 0.3) is 0 Å². The first-order valence-corrected chi connectivity index (χ1v) is 7.08. The van der Waals surface area contributed by atoms with Crippen LogP contribution in [0.1, 0.15) is 24.9 Å². The number of hydrogen-bond donors (Lipinski definition) is 2. The molecule has 1 saturated heterocycles. The summed E-state index contributed by atoms with van der Waals surface area (Å²) in [4.78, 5) is 6.47. The average molecular weight is 280 g/mol. The number of hydrazine groups is 1. The summed E-state index contributed by atoms with van der Waals surface area (Å²) >= 11 is 0. The summed E-state index contributed by atoms with van der Waals surface area (Å²) in [7, 11) is 2.09. The topological polar surface area (TPSA) is 72.6 Å². The fourth-order valence-electron chi connectivity index (χ4n) is 2.34. The van der Waals surface area contributed by atoms with Gasteiger partial charge in [0, 0.05) is 19.3 Å². The van der Waals surface area contributed by atoms with Crippen LogP contribution in [-0.2, 0) is 4.74 Å². The van der Waals surface area contributed by atoms with Crippen LogP contribution in [-0.4, -0.2) is 49.3 Å². The van der Waals surface area contributed by atoms with Crippen molar-refractivity contribution < 1.29 is 9.47 Å². The van der Waals surface area contributed by atoms with Crippen molar-refractivity contribution in [2.45, 2.75) is 25.5 Å². The van der Waals surface area contributed by atoms with Crippen molar-refractivity contribution in [3.05, 3.63) is 24.0 Å². The minimum absolute atomic E-state index is 0.0157. The number of nitrogens with zero attached hydrogens (tertiary/aromatic N) is 2. The molecular weight excluding hydrogens is 256 g/mol. The van der Waals surface area contributed by atoms with E-state index in [1.54, 1.807) is 12.4 Å². The summed E-state index contributed by atoms with van der Waals surface area (Å²) < 4.78 is 11.4. The lowest BCUT2D eigenvalue weighted by molar-refractivity contribution is -0.0393. The van der Waals surface area contributed by atoms with E-state index in [1.165, 1.54) is 0 Å². The van der Waals surface area contributed by atoms with Crippen molar-refractivity contribution in [1.82, 2.24) is 15.3 Å². The Morgan fingerprint density at radius 2 is 2.45 bits per heavy atom. The molecule has 112 valence electrons. The maximum Gasteiger partial charge on any atom is 0.137 e. The van der Waals surface area contributed by atoms with Crippen LogP contribution in [0.2, 0.25) is 0 Å². The number of nitrogens with two attached hydrogens (primary N) is 1. The van der Waals surface area contributed by atoms with Crippen LogP contribution in [0.3, 0.4) is 0 Å². The lowest BCUT2D eigenvalue weighted by Gasteiger charge is -2.35. The van der Waals surface area contributed by atoms with Crippen molar-refractivity contribution in [2.75, 3.05) is 33.4 Å². The largest absolute Gasteiger partial charge is 0.492 e. The minimum atomic E-state index is -0.0876. The summed E-state index contributed by atoms with van der Waals surface area (Å²) in [5.41, 5.74) is 3.83. The first-order valence-electron chi connectivity index (χ1n) is 7.08. The lowest BCUT2D eigenvalue weighted by Crippen LogP contribution is -2.48. The highest BCUT2D eigenvalue weighted by Crippen LogP contribution is 2.23. The summed E-state index contributed by atoms with van der Waals surface area (Å²) in [5.74, 6) is 6.49. The van der Waals surface area contributed by atoms with E-state index in [0.717, 1.165) is 37.4 Å². The molecule has 1 aliphatic heterocycles. The second-order valence-electron chi connectivity index (χ2n) is 5.12. The molecule has 0 bridgehead atoms. The van der Waals surface area contributed by atoms with Gasteiger partial charge in [-0.25, -0.2) is 0 Å². The van der Waals surface area contributed by atoms with Crippen molar-refractivity contribution in [1.29, 1.82) is 0 Å². The first-order chi connectivity index (χ1) is 9.74. The number of aromatic nitrogens is 1. The van der Waals surface area contributed by atoms with Gasteiger partial charge in [0.2, 0.25) is 0 Å². The summed E-state index contributed by atoms with van der Waals surface area (Å²) in [6.45, 7) is 5.28. The second kappa shape index (κ2) is 7.54. The van der Waals surface area contributed by atoms with E-state index in [4.69, 9.17) is 15.3 Å². The number of likely N-dealkylation sites (N-methyl/N-ethyl adjacent to an activating group) is 1. The maximum atomic E-state index is 5.82. The highest BCUT2D eigenvalue weighted by molar-refractivity contribution is 5.27. The van der Waals surface area contributed by atoms with E-state index in [2.05, 4.69) is 29.3 Å². The van der Waals surface area contributed by atoms with Crippen molar-refractivity contribution in [3.63, 3.8) is 0 Å². The zero-order valence-electron chi connectivity index (χ0n) is 12.2. The Kier molecular flexibility index (Phi) is 5.72. The third kappa shape index (κ3) is 3.89. The van der Waals surface area contributed by atoms with Gasteiger partial charge in [0.05, 0.1) is 31.6 Å². The summed E-state index contributed by atoms with van der Waals surface area (Å²) in [6.07, 6.45) is 4.52. The Balaban J connectivity index is 2.09. The molecule has 0 spiro atoms. The van der Waals surface area contributed by atoms with Crippen LogP contribution in [0.25, 0.3) is 0 Å². The molecule has 3 N–H and O–H groups in total. The summed E-state index contributed by atoms with van der Waals surface area (Å²) in [5, 5.41) is 0. The first kappa shape index (κ1) is 15.2. The number of hydrogen-bond acceptors (Lipinski definition) is 6. The highest BCUT2D eigenvalue weighted by atomic mass is 16.5. The Morgan fingerprint density at radius 3 is 3.15 bits per heavy atom. The molecule has 1 aromatic heterocycles. The molecule has 1 aromatic rings. The van der Waals surface area contributed by atoms with Gasteiger partial charge in [-0.05, 0) is 25.1 Å². The number of morpholine rings is 1. The number of pyridine rings is 1. The molecule has 6 heteroatoms. The lowest BCUT2D eigenvalue weighted by atomic mass is 10.0. The number of nitrogens with one attached hydrogen (secondary N) is 1. The second-order valence-corrected chi connectivity index (χ2v) is 5.12. The Morgan fingerprint density at radius 1 is 1.60 bits per heavy atom. The molecule has 0 aliphatic carbocycles. The molecule has 2 heterocycles. The van der Waals surface area contributed by atoms with E-state index in [1.807, 2.05) is 6.07 Å². The standard InChI is InChI=1S/C14H24N4O2/c1-3-5-19-12-7-11(8-16-9-12)14(17-15)13-10-18(2)4-6-20-13/h7-9,13-14,17H,3-6,10,15H2,1-2H3. The molecule has 0 aromatic carbocycles. The van der Waals surface area contributed by atoms with Gasteiger partial charge in [-0.3, -0.25) is 16.3 Å². The van der Waals surface area contributed by atoms with E-state index < -0.39 is 0 Å². The zero-order valence-corrected chi connectivity index (χ0v) is 12.2. The van der Waals surface area contributed by atoms with E-state index in [9.17, 15) is 0 Å². The molecule has 2 rings (SSSR count). The third-order valence-corrected chi connectivity index (χ3v) is 3.41. The van der Waals surface area contributed by atoms with Gasteiger partial charge in [-0.15, -0.1) is 0 Å². The fraction of sp³-hybridized carbons (Fsp3) is 0.643. The number of ether oxygens (including phenoxy) is 2. The van der Waals surface area contributed by atoms with Crippen LogP contribution in [0, 0.1) is 0 Å². The normalized spacial score (nSPS) is 21.6. The van der Waals surface area contributed by atoms with Crippen molar-refractivity contribution >= 4 is 0 Å². The molecule has 6 nitrogen and oxygen atoms in total. The predicted octanol–water partition coefficient (Wildman–Crippen LogP) is 0.705. The Hall–Kier alpha value is -1.21. The Bertz CT molecular complexity index is 416. The summed E-state index contributed by atoms with van der Waals surface area (Å²) in [6, 6.07) is 1.89. The molecule has 2 atom stereocenters. The molecule has 0 saturated carbocycles. The minimum Gasteiger partial charge on any atom is -0.492 e. The van der Waals surface area contributed by atoms with Crippen LogP contribution < -0.4 is 16.0 Å². The molecule has 1 fully saturated rings. The maximum absolute atomic E-state index is 5.82. The fourth-order valence-corrected chi connectivity index (χ4v) is 2.34. The molecule has 2 unspecified atom stereocenters. The van der Waals surface area contributed by atoms with E-state index in [-0.39, 0.29) is 12.1 Å². The smallest absolute Gasteiger partial charge is 0.137 e. The monoisotopic (exact) mass is 280 g/mol. The quantitative estimate of drug-likeness (QED) is 0.590. The van der Waals surface area contributed by atoms with E-state index in [0.29, 0.717) is 6.61 Å². The predicted molar refractivity (Wildman–Crippen MR) is 77.3 cm³/mol. The Labute approximate surface area is 120 Å². The zero-order chi connectivity index (χ0) is 14.4. The highest BCUT2D eigenvalue weighted by Gasteiger charge is 2.27. The van der Waals surface area contributed by atoms with Crippen LogP contribution in [0.15, 0.2) is 18.5 Å². The van der Waals surface area contributed by atoms with Gasteiger partial charge in [0.15, 0.2) is 0 Å². The molecule has 0 radical (unpaired) electrons. The molecule has 1 aliphatic rings. The number of rotatable bonds is 6. The molecule has 20 heavy (non-hydrogen) atoms. The molecule has 0 amide bonds. The van der Waals surface area contributed by atoms with Gasteiger partial charge in [0.1, 0.15) is 5.75 Å². The van der Waals surface area contributed by atoms with Gasteiger partial charge in [-0.2, -0.15) is 0 Å². The van der Waals surface area contributed by atoms with Crippen molar-refractivity contribution in [3.8, 4) is 5.75 Å². The van der Waals surface area contributed by atoms with Crippen LogP contribution in [0.4, 0.5) is 0 Å². The SMILES string of the molecule is CCCOc1cncc(C(NN)C2CN(C)CCO2)c1. The van der Waals surface area contributed by atoms with Crippen LogP contribution >= 0.6 is 0 Å². The van der Waals surface area contributed by atoms with Crippen molar-refractivity contribution in [2.24, 2.45) is 5.84 Å². The van der Waals surface area contributed by atoms with Gasteiger partial charge in [-0.1, -0.05) is 6.92 Å². The third-order valence-electron chi connectivity index (χ3n) is 3.41. The van der Waals surface area contributed by atoms with Gasteiger partial charge >= 0.3 is 0 Å². The van der Waals surface area contributed by atoms with E-state index >= 15 is 0 Å². The van der Waals surface area contributed by atoms with Gasteiger partial charge < -0.3 is 14.4 Å². The average Bonchev–Trinajstić information content (AvgIpc) is 2.46. The molecular formula is C14H24N4O2.